The van der Waals surface area contributed by atoms with Gasteiger partial charge in [0, 0.05) is 6.20 Å². The Morgan fingerprint density at radius 2 is 2.33 bits per heavy atom. The quantitative estimate of drug-likeness (QED) is 0.813. The largest absolute Gasteiger partial charge is 0.490 e. The monoisotopic (exact) mass is 263 g/mol. The molecule has 2 N–H and O–H groups in total. The Balaban J connectivity index is 2.33. The van der Waals surface area contributed by atoms with Gasteiger partial charge >= 0.3 is 0 Å². The summed E-state index contributed by atoms with van der Waals surface area (Å²) in [6.07, 6.45) is 4.09. The number of hydrogen-bond donors (Lipinski definition) is 1. The van der Waals surface area contributed by atoms with E-state index >= 15 is 0 Å². The van der Waals surface area contributed by atoms with E-state index in [-0.39, 0.29) is 4.99 Å². The van der Waals surface area contributed by atoms with Crippen molar-refractivity contribution in [1.29, 1.82) is 0 Å². The number of rotatable bonds is 5. The minimum atomic E-state index is 0.153. The molecule has 0 saturated carbocycles. The third-order valence-corrected chi connectivity index (χ3v) is 2.32. The van der Waals surface area contributed by atoms with Crippen LogP contribution in [0.25, 0.3) is 5.82 Å². The topological polar surface area (TPSA) is 78.8 Å². The SMILES string of the molecule is CCCOc1cccnc1-n1cnc(C(N)=S)n1. The van der Waals surface area contributed by atoms with Crippen LogP contribution in [-0.4, -0.2) is 31.3 Å². The minimum Gasteiger partial charge on any atom is -0.490 e. The zero-order valence-corrected chi connectivity index (χ0v) is 10.7. The number of nitrogens with zero attached hydrogens (tertiary/aromatic N) is 4. The molecule has 0 saturated heterocycles. The van der Waals surface area contributed by atoms with Crippen LogP contribution in [0, 0.1) is 0 Å². The van der Waals surface area contributed by atoms with Crippen LogP contribution in [0.4, 0.5) is 0 Å². The number of pyridine rings is 1. The Hall–Kier alpha value is -2.02. The molecule has 7 heteroatoms. The van der Waals surface area contributed by atoms with Crippen LogP contribution in [0.15, 0.2) is 24.7 Å². The second kappa shape index (κ2) is 5.54. The van der Waals surface area contributed by atoms with Gasteiger partial charge in [-0.3, -0.25) is 0 Å². The van der Waals surface area contributed by atoms with Gasteiger partial charge in [-0.2, -0.15) is 4.68 Å². The lowest BCUT2D eigenvalue weighted by Crippen LogP contribution is -2.12. The third kappa shape index (κ3) is 2.62. The van der Waals surface area contributed by atoms with E-state index in [0.29, 0.717) is 24.0 Å². The van der Waals surface area contributed by atoms with Gasteiger partial charge in [0.1, 0.15) is 11.3 Å². The molecule has 0 aliphatic heterocycles. The summed E-state index contributed by atoms with van der Waals surface area (Å²) in [5.41, 5.74) is 5.46. The first-order chi connectivity index (χ1) is 8.72. The molecule has 0 spiro atoms. The summed E-state index contributed by atoms with van der Waals surface area (Å²) in [5.74, 6) is 1.54. The van der Waals surface area contributed by atoms with E-state index in [4.69, 9.17) is 22.7 Å². The van der Waals surface area contributed by atoms with Crippen molar-refractivity contribution in [2.45, 2.75) is 13.3 Å². The Morgan fingerprint density at radius 3 is 3.00 bits per heavy atom. The second-order valence-corrected chi connectivity index (χ2v) is 3.99. The number of nitrogens with two attached hydrogens (primary N) is 1. The van der Waals surface area contributed by atoms with Gasteiger partial charge in [-0.25, -0.2) is 9.97 Å². The van der Waals surface area contributed by atoms with Crippen LogP contribution in [0.2, 0.25) is 0 Å². The van der Waals surface area contributed by atoms with Gasteiger partial charge < -0.3 is 10.5 Å². The standard InChI is InChI=1S/C11H13N5OS/c1-2-6-17-8-4-3-5-13-11(8)16-7-14-10(15-16)9(12)18/h3-5,7H,2,6H2,1H3,(H2,12,18). The lowest BCUT2D eigenvalue weighted by Gasteiger charge is -2.08. The molecule has 0 amide bonds. The summed E-state index contributed by atoms with van der Waals surface area (Å²) in [6, 6.07) is 3.64. The molecule has 6 nitrogen and oxygen atoms in total. The van der Waals surface area contributed by atoms with Crippen molar-refractivity contribution in [3.05, 3.63) is 30.5 Å². The molecule has 2 aromatic heterocycles. The number of thiocarbonyl (C=S) groups is 1. The van der Waals surface area contributed by atoms with E-state index < -0.39 is 0 Å². The van der Waals surface area contributed by atoms with Gasteiger partial charge in [-0.15, -0.1) is 5.10 Å². The zero-order chi connectivity index (χ0) is 13.0. The van der Waals surface area contributed by atoms with Crippen LogP contribution >= 0.6 is 12.2 Å². The predicted octanol–water partition coefficient (Wildman–Crippen LogP) is 1.09. The summed E-state index contributed by atoms with van der Waals surface area (Å²) in [5, 5.41) is 4.15. The number of ether oxygens (including phenoxy) is 1. The molecule has 18 heavy (non-hydrogen) atoms. The lowest BCUT2D eigenvalue weighted by atomic mass is 10.4. The molecule has 0 atom stereocenters. The van der Waals surface area contributed by atoms with Crippen molar-refractivity contribution < 1.29 is 4.74 Å². The number of hydrogen-bond acceptors (Lipinski definition) is 5. The van der Waals surface area contributed by atoms with E-state index in [1.165, 1.54) is 11.0 Å². The van der Waals surface area contributed by atoms with Crippen molar-refractivity contribution in [1.82, 2.24) is 19.7 Å². The molecule has 0 fully saturated rings. The Kier molecular flexibility index (Phi) is 3.83. The second-order valence-electron chi connectivity index (χ2n) is 3.55. The van der Waals surface area contributed by atoms with Gasteiger partial charge in [0.15, 0.2) is 11.6 Å². The minimum absolute atomic E-state index is 0.153. The normalized spacial score (nSPS) is 10.3. The highest BCUT2D eigenvalue weighted by Crippen LogP contribution is 2.18. The molecule has 0 aromatic carbocycles. The van der Waals surface area contributed by atoms with Crippen LogP contribution in [0.5, 0.6) is 5.75 Å². The molecule has 0 bridgehead atoms. The molecule has 2 rings (SSSR count). The average molecular weight is 263 g/mol. The summed E-state index contributed by atoms with van der Waals surface area (Å²) in [7, 11) is 0. The van der Waals surface area contributed by atoms with Gasteiger partial charge in [0.05, 0.1) is 6.61 Å². The number of aromatic nitrogens is 4. The fourth-order valence-electron chi connectivity index (χ4n) is 1.36. The van der Waals surface area contributed by atoms with Crippen molar-refractivity contribution in [2.24, 2.45) is 5.73 Å². The summed E-state index contributed by atoms with van der Waals surface area (Å²) < 4.78 is 7.09. The molecule has 0 aliphatic carbocycles. The van der Waals surface area contributed by atoms with E-state index in [1.54, 1.807) is 12.3 Å². The third-order valence-electron chi connectivity index (χ3n) is 2.14. The predicted molar refractivity (Wildman–Crippen MR) is 70.8 cm³/mol. The van der Waals surface area contributed by atoms with E-state index in [2.05, 4.69) is 15.1 Å². The Morgan fingerprint density at radius 1 is 1.50 bits per heavy atom. The first kappa shape index (κ1) is 12.4. The van der Waals surface area contributed by atoms with Crippen LogP contribution in [0.1, 0.15) is 19.2 Å². The molecule has 0 radical (unpaired) electrons. The summed E-state index contributed by atoms with van der Waals surface area (Å²) >= 11 is 4.82. The highest BCUT2D eigenvalue weighted by molar-refractivity contribution is 7.80. The fraction of sp³-hybridized carbons (Fsp3) is 0.273. The first-order valence-electron chi connectivity index (χ1n) is 5.52. The Bertz CT molecular complexity index is 554. The van der Waals surface area contributed by atoms with Gasteiger partial charge in [0.2, 0.25) is 5.82 Å². The van der Waals surface area contributed by atoms with Gasteiger partial charge in [-0.1, -0.05) is 19.1 Å². The van der Waals surface area contributed by atoms with Crippen molar-refractivity contribution in [3.8, 4) is 11.6 Å². The smallest absolute Gasteiger partial charge is 0.208 e. The molecule has 2 aromatic rings. The summed E-state index contributed by atoms with van der Waals surface area (Å²) in [4.78, 5) is 8.38. The van der Waals surface area contributed by atoms with Crippen LogP contribution in [-0.2, 0) is 0 Å². The molecule has 0 unspecified atom stereocenters. The maximum absolute atomic E-state index is 5.60. The van der Waals surface area contributed by atoms with Crippen LogP contribution in [0.3, 0.4) is 0 Å². The zero-order valence-electron chi connectivity index (χ0n) is 9.91. The van der Waals surface area contributed by atoms with E-state index in [1.807, 2.05) is 13.0 Å². The highest BCUT2D eigenvalue weighted by atomic mass is 32.1. The van der Waals surface area contributed by atoms with Gasteiger partial charge in [-0.05, 0) is 18.6 Å². The Labute approximate surface area is 110 Å². The maximum Gasteiger partial charge on any atom is 0.208 e. The summed E-state index contributed by atoms with van der Waals surface area (Å²) in [6.45, 7) is 2.66. The molecule has 0 aliphatic rings. The maximum atomic E-state index is 5.60. The first-order valence-corrected chi connectivity index (χ1v) is 5.93. The van der Waals surface area contributed by atoms with E-state index in [9.17, 15) is 0 Å². The van der Waals surface area contributed by atoms with E-state index in [0.717, 1.165) is 6.42 Å². The fourth-order valence-corrected chi connectivity index (χ4v) is 1.45. The molecular formula is C11H13N5OS. The van der Waals surface area contributed by atoms with Crippen molar-refractivity contribution in [2.75, 3.05) is 6.61 Å². The lowest BCUT2D eigenvalue weighted by molar-refractivity contribution is 0.314. The highest BCUT2D eigenvalue weighted by Gasteiger charge is 2.10. The molecule has 94 valence electrons. The molecule has 2 heterocycles. The molecular weight excluding hydrogens is 250 g/mol. The van der Waals surface area contributed by atoms with Crippen molar-refractivity contribution >= 4 is 17.2 Å². The van der Waals surface area contributed by atoms with Crippen LogP contribution < -0.4 is 10.5 Å². The van der Waals surface area contributed by atoms with Crippen molar-refractivity contribution in [3.63, 3.8) is 0 Å². The average Bonchev–Trinajstić information content (AvgIpc) is 2.86. The van der Waals surface area contributed by atoms with Gasteiger partial charge in [0.25, 0.3) is 0 Å².